The van der Waals surface area contributed by atoms with Crippen molar-refractivity contribution in [1.29, 1.82) is 0 Å². The highest BCUT2D eigenvalue weighted by Crippen LogP contribution is 2.22. The number of aliphatic hydroxyl groups is 2. The summed E-state index contributed by atoms with van der Waals surface area (Å²) in [4.78, 5) is 22.4. The van der Waals surface area contributed by atoms with Crippen molar-refractivity contribution < 1.29 is 19.9 Å². The van der Waals surface area contributed by atoms with Crippen LogP contribution in [0.2, 0.25) is 0 Å². The Bertz CT molecular complexity index is 497. The first-order valence-electron chi connectivity index (χ1n) is 5.63. The SMILES string of the molecule is Cc1cccc([N+](=O)[O-])c1C(=O)NC(C)(CO)CO. The largest absolute Gasteiger partial charge is 0.394 e. The van der Waals surface area contributed by atoms with Crippen LogP contribution < -0.4 is 5.32 Å². The Morgan fingerprint density at radius 1 is 1.42 bits per heavy atom. The quantitative estimate of drug-likeness (QED) is 0.527. The number of hydrogen-bond donors (Lipinski definition) is 3. The second-order valence-electron chi connectivity index (χ2n) is 4.56. The molecule has 0 spiro atoms. The molecule has 19 heavy (non-hydrogen) atoms. The molecule has 1 amide bonds. The van der Waals surface area contributed by atoms with Gasteiger partial charge in [0.2, 0.25) is 0 Å². The van der Waals surface area contributed by atoms with Gasteiger partial charge in [-0.2, -0.15) is 0 Å². The van der Waals surface area contributed by atoms with Gasteiger partial charge in [-0.05, 0) is 19.4 Å². The average Bonchev–Trinajstić information content (AvgIpc) is 2.37. The zero-order chi connectivity index (χ0) is 14.6. The number of nitrogens with zero attached hydrogens (tertiary/aromatic N) is 1. The standard InChI is InChI=1S/C12H16N2O5/c1-8-4-3-5-9(14(18)19)10(8)11(17)13-12(2,6-15)7-16/h3-5,15-16H,6-7H2,1-2H3,(H,13,17). The number of amides is 1. The first-order valence-corrected chi connectivity index (χ1v) is 5.63. The first kappa shape index (κ1) is 15.1. The van der Waals surface area contributed by atoms with E-state index in [1.807, 2.05) is 0 Å². The van der Waals surface area contributed by atoms with Gasteiger partial charge in [0.1, 0.15) is 5.56 Å². The molecule has 0 atom stereocenters. The Morgan fingerprint density at radius 2 is 2.00 bits per heavy atom. The van der Waals surface area contributed by atoms with Crippen LogP contribution in [-0.2, 0) is 0 Å². The smallest absolute Gasteiger partial charge is 0.282 e. The minimum atomic E-state index is -1.23. The van der Waals surface area contributed by atoms with E-state index >= 15 is 0 Å². The summed E-state index contributed by atoms with van der Waals surface area (Å²) in [5, 5.41) is 31.6. The van der Waals surface area contributed by atoms with Gasteiger partial charge in [-0.1, -0.05) is 12.1 Å². The van der Waals surface area contributed by atoms with E-state index in [0.717, 1.165) is 0 Å². The topological polar surface area (TPSA) is 113 Å². The number of nitrogens with one attached hydrogen (secondary N) is 1. The Labute approximate surface area is 110 Å². The normalized spacial score (nSPS) is 11.2. The molecule has 0 saturated carbocycles. The number of carbonyl (C=O) groups is 1. The summed E-state index contributed by atoms with van der Waals surface area (Å²) in [6.45, 7) is 2.07. The highest BCUT2D eigenvalue weighted by atomic mass is 16.6. The summed E-state index contributed by atoms with van der Waals surface area (Å²) in [5.74, 6) is -0.699. The number of nitro groups is 1. The molecule has 0 aliphatic carbocycles. The van der Waals surface area contributed by atoms with Crippen LogP contribution in [0.3, 0.4) is 0 Å². The number of nitro benzene ring substituents is 1. The molecule has 104 valence electrons. The molecule has 0 heterocycles. The molecule has 0 bridgehead atoms. The first-order chi connectivity index (χ1) is 8.84. The highest BCUT2D eigenvalue weighted by molar-refractivity contribution is 6.00. The van der Waals surface area contributed by atoms with Crippen molar-refractivity contribution in [3.63, 3.8) is 0 Å². The summed E-state index contributed by atoms with van der Waals surface area (Å²) in [6, 6.07) is 4.30. The van der Waals surface area contributed by atoms with Gasteiger partial charge in [0, 0.05) is 6.07 Å². The van der Waals surface area contributed by atoms with Crippen LogP contribution in [0.1, 0.15) is 22.8 Å². The highest BCUT2D eigenvalue weighted by Gasteiger charge is 2.29. The van der Waals surface area contributed by atoms with E-state index in [2.05, 4.69) is 5.32 Å². The molecule has 0 aliphatic heterocycles. The van der Waals surface area contributed by atoms with Crippen LogP contribution in [0.15, 0.2) is 18.2 Å². The lowest BCUT2D eigenvalue weighted by Crippen LogP contribution is -2.52. The zero-order valence-corrected chi connectivity index (χ0v) is 10.7. The molecule has 0 unspecified atom stereocenters. The van der Waals surface area contributed by atoms with Gasteiger partial charge >= 0.3 is 0 Å². The number of aliphatic hydroxyl groups excluding tert-OH is 2. The zero-order valence-electron chi connectivity index (χ0n) is 10.7. The van der Waals surface area contributed by atoms with Crippen LogP contribution in [0.5, 0.6) is 0 Å². The van der Waals surface area contributed by atoms with Crippen molar-refractivity contribution in [2.24, 2.45) is 0 Å². The van der Waals surface area contributed by atoms with Crippen LogP contribution in [-0.4, -0.2) is 39.8 Å². The maximum absolute atomic E-state index is 12.1. The molecule has 0 saturated heterocycles. The lowest BCUT2D eigenvalue weighted by Gasteiger charge is -2.26. The van der Waals surface area contributed by atoms with Crippen LogP contribution in [0.4, 0.5) is 5.69 Å². The second kappa shape index (κ2) is 5.77. The molecule has 0 radical (unpaired) electrons. The van der Waals surface area contributed by atoms with Crippen molar-refractivity contribution in [1.82, 2.24) is 5.32 Å². The fourth-order valence-corrected chi connectivity index (χ4v) is 1.57. The van der Waals surface area contributed by atoms with Gasteiger partial charge in [0.25, 0.3) is 11.6 Å². The minimum absolute atomic E-state index is 0.0689. The Balaban J connectivity index is 3.16. The number of benzene rings is 1. The molecular weight excluding hydrogens is 252 g/mol. The number of hydrogen-bond acceptors (Lipinski definition) is 5. The van der Waals surface area contributed by atoms with E-state index in [1.165, 1.54) is 19.1 Å². The van der Waals surface area contributed by atoms with Crippen molar-refractivity contribution in [3.05, 3.63) is 39.4 Å². The third-order valence-electron chi connectivity index (χ3n) is 2.79. The van der Waals surface area contributed by atoms with E-state index in [4.69, 9.17) is 10.2 Å². The third-order valence-corrected chi connectivity index (χ3v) is 2.79. The van der Waals surface area contributed by atoms with E-state index in [0.29, 0.717) is 5.56 Å². The van der Waals surface area contributed by atoms with E-state index in [-0.39, 0.29) is 11.3 Å². The molecule has 7 heteroatoms. The van der Waals surface area contributed by atoms with Crippen molar-refractivity contribution in [2.75, 3.05) is 13.2 Å². The van der Waals surface area contributed by atoms with Gasteiger partial charge in [-0.3, -0.25) is 14.9 Å². The minimum Gasteiger partial charge on any atom is -0.394 e. The molecule has 1 aromatic rings. The fourth-order valence-electron chi connectivity index (χ4n) is 1.57. The molecular formula is C12H16N2O5. The third kappa shape index (κ3) is 3.27. The van der Waals surface area contributed by atoms with Crippen LogP contribution in [0.25, 0.3) is 0 Å². The molecule has 3 N–H and O–H groups in total. The second-order valence-corrected chi connectivity index (χ2v) is 4.56. The van der Waals surface area contributed by atoms with Crippen molar-refractivity contribution in [2.45, 2.75) is 19.4 Å². The molecule has 1 rings (SSSR count). The summed E-state index contributed by atoms with van der Waals surface area (Å²) >= 11 is 0. The Kier molecular flexibility index (Phi) is 4.57. The predicted molar refractivity (Wildman–Crippen MR) is 67.9 cm³/mol. The molecule has 7 nitrogen and oxygen atoms in total. The van der Waals surface area contributed by atoms with Crippen molar-refractivity contribution in [3.8, 4) is 0 Å². The average molecular weight is 268 g/mol. The number of rotatable bonds is 5. The summed E-state index contributed by atoms with van der Waals surface area (Å²) < 4.78 is 0. The number of aryl methyl sites for hydroxylation is 1. The van der Waals surface area contributed by atoms with Crippen LogP contribution >= 0.6 is 0 Å². The van der Waals surface area contributed by atoms with Crippen molar-refractivity contribution >= 4 is 11.6 Å². The Hall–Kier alpha value is -1.99. The molecule has 0 aromatic heterocycles. The lowest BCUT2D eigenvalue weighted by atomic mass is 10.0. The van der Waals surface area contributed by atoms with Gasteiger partial charge in [-0.25, -0.2) is 0 Å². The number of carbonyl (C=O) groups excluding carboxylic acids is 1. The Morgan fingerprint density at radius 3 is 2.47 bits per heavy atom. The summed E-state index contributed by atoms with van der Waals surface area (Å²) in [6.07, 6.45) is 0. The lowest BCUT2D eigenvalue weighted by molar-refractivity contribution is -0.385. The van der Waals surface area contributed by atoms with Crippen LogP contribution in [0, 0.1) is 17.0 Å². The van der Waals surface area contributed by atoms with E-state index < -0.39 is 29.6 Å². The summed E-state index contributed by atoms with van der Waals surface area (Å²) in [7, 11) is 0. The van der Waals surface area contributed by atoms with Gasteiger partial charge < -0.3 is 15.5 Å². The van der Waals surface area contributed by atoms with E-state index in [9.17, 15) is 14.9 Å². The maximum Gasteiger partial charge on any atom is 0.282 e. The van der Waals surface area contributed by atoms with E-state index in [1.54, 1.807) is 13.0 Å². The molecule has 0 fully saturated rings. The van der Waals surface area contributed by atoms with Gasteiger partial charge in [0.15, 0.2) is 0 Å². The predicted octanol–water partition coefficient (Wildman–Crippen LogP) is 0.376. The fraction of sp³-hybridized carbons (Fsp3) is 0.417. The maximum atomic E-state index is 12.1. The monoisotopic (exact) mass is 268 g/mol. The summed E-state index contributed by atoms with van der Waals surface area (Å²) in [5.41, 5.74) is -1.16. The van der Waals surface area contributed by atoms with Gasteiger partial charge in [-0.15, -0.1) is 0 Å². The van der Waals surface area contributed by atoms with Gasteiger partial charge in [0.05, 0.1) is 23.7 Å². The molecule has 0 aliphatic rings. The molecule has 1 aromatic carbocycles.